The van der Waals surface area contributed by atoms with Gasteiger partial charge in [0.1, 0.15) is 11.4 Å². The smallest absolute Gasteiger partial charge is 0.204 e. The predicted octanol–water partition coefficient (Wildman–Crippen LogP) is 5.08. The molecular formula is C26H24ClFN8O. The third-order valence-corrected chi connectivity index (χ3v) is 6.23. The molecule has 2 aromatic carbocycles. The van der Waals surface area contributed by atoms with Crippen molar-refractivity contribution in [2.24, 2.45) is 7.05 Å². The van der Waals surface area contributed by atoms with Crippen LogP contribution in [0.2, 0.25) is 5.02 Å². The van der Waals surface area contributed by atoms with E-state index in [-0.39, 0.29) is 5.82 Å². The van der Waals surface area contributed by atoms with Crippen molar-refractivity contribution in [2.45, 2.75) is 32.4 Å². The Labute approximate surface area is 217 Å². The molecule has 0 unspecified atom stereocenters. The van der Waals surface area contributed by atoms with E-state index in [0.717, 1.165) is 22.0 Å². The van der Waals surface area contributed by atoms with Gasteiger partial charge in [-0.1, -0.05) is 17.7 Å². The average molecular weight is 519 g/mol. The predicted molar refractivity (Wildman–Crippen MR) is 139 cm³/mol. The summed E-state index contributed by atoms with van der Waals surface area (Å²) in [5, 5.41) is 26.7. The van der Waals surface area contributed by atoms with E-state index >= 15 is 0 Å². The first-order valence-corrected chi connectivity index (χ1v) is 11.9. The van der Waals surface area contributed by atoms with Crippen LogP contribution < -0.4 is 5.32 Å². The number of hydrogen-bond donors (Lipinski definition) is 2. The van der Waals surface area contributed by atoms with Crippen LogP contribution >= 0.6 is 11.6 Å². The number of fused-ring (bicyclic) bond motifs is 1. The molecule has 0 amide bonds. The quantitative estimate of drug-likeness (QED) is 0.320. The fraction of sp³-hybridized carbons (Fsp3) is 0.231. The lowest BCUT2D eigenvalue weighted by atomic mass is 10.0. The Morgan fingerprint density at radius 3 is 2.41 bits per heavy atom. The minimum absolute atomic E-state index is 0.332. The van der Waals surface area contributed by atoms with Crippen LogP contribution in [0.25, 0.3) is 33.4 Å². The summed E-state index contributed by atoms with van der Waals surface area (Å²) in [6.07, 6.45) is 4.89. The van der Waals surface area contributed by atoms with E-state index in [1.807, 2.05) is 25.1 Å². The molecule has 188 valence electrons. The van der Waals surface area contributed by atoms with Gasteiger partial charge >= 0.3 is 0 Å². The fourth-order valence-electron chi connectivity index (χ4n) is 4.00. The number of aromatic nitrogens is 7. The first-order chi connectivity index (χ1) is 17.6. The van der Waals surface area contributed by atoms with Crippen molar-refractivity contribution in [1.82, 2.24) is 35.2 Å². The van der Waals surface area contributed by atoms with Gasteiger partial charge in [0.25, 0.3) is 0 Å². The van der Waals surface area contributed by atoms with Crippen molar-refractivity contribution in [1.29, 1.82) is 0 Å². The third kappa shape index (κ3) is 4.98. The largest absolute Gasteiger partial charge is 0.382 e. The summed E-state index contributed by atoms with van der Waals surface area (Å²) in [5.74, 6) is 0.372. The van der Waals surface area contributed by atoms with Gasteiger partial charge in [0, 0.05) is 40.7 Å². The maximum absolute atomic E-state index is 14.9. The second-order valence-corrected chi connectivity index (χ2v) is 9.68. The molecule has 5 aromatic rings. The lowest BCUT2D eigenvalue weighted by Crippen LogP contribution is -2.19. The molecule has 0 aliphatic heterocycles. The van der Waals surface area contributed by atoms with Gasteiger partial charge in [-0.2, -0.15) is 4.80 Å². The summed E-state index contributed by atoms with van der Waals surface area (Å²) in [6.45, 7) is 5.11. The van der Waals surface area contributed by atoms with Crippen molar-refractivity contribution in [2.75, 3.05) is 5.32 Å². The number of halogens is 2. The number of pyridine rings is 1. The van der Waals surface area contributed by atoms with E-state index < -0.39 is 11.6 Å². The van der Waals surface area contributed by atoms with Crippen molar-refractivity contribution in [3.8, 4) is 22.5 Å². The van der Waals surface area contributed by atoms with Crippen LogP contribution in [0.3, 0.4) is 0 Å². The molecule has 9 nitrogen and oxygen atoms in total. The molecule has 0 bridgehead atoms. The van der Waals surface area contributed by atoms with Crippen molar-refractivity contribution >= 4 is 28.2 Å². The molecule has 0 aliphatic carbocycles. The summed E-state index contributed by atoms with van der Waals surface area (Å²) < 4.78 is 14.9. The molecule has 0 spiro atoms. The summed E-state index contributed by atoms with van der Waals surface area (Å²) in [4.78, 5) is 14.4. The lowest BCUT2D eigenvalue weighted by Gasteiger charge is -2.20. The summed E-state index contributed by atoms with van der Waals surface area (Å²) >= 11 is 6.57. The summed E-state index contributed by atoms with van der Waals surface area (Å²) in [6, 6.07) is 9.99. The summed E-state index contributed by atoms with van der Waals surface area (Å²) in [5.41, 5.74) is 2.90. The molecule has 3 aromatic heterocycles. The van der Waals surface area contributed by atoms with E-state index in [2.05, 4.69) is 35.7 Å². The molecule has 0 radical (unpaired) electrons. The van der Waals surface area contributed by atoms with Crippen LogP contribution in [-0.4, -0.2) is 40.3 Å². The molecule has 0 fully saturated rings. The van der Waals surface area contributed by atoms with Crippen LogP contribution in [0.15, 0.2) is 55.0 Å². The van der Waals surface area contributed by atoms with Crippen LogP contribution in [0.4, 0.5) is 10.1 Å². The fourth-order valence-corrected chi connectivity index (χ4v) is 4.20. The highest BCUT2D eigenvalue weighted by molar-refractivity contribution is 6.34. The Morgan fingerprint density at radius 2 is 1.73 bits per heavy atom. The average Bonchev–Trinajstić information content (AvgIpc) is 3.31. The maximum atomic E-state index is 14.9. The number of aliphatic hydroxyl groups is 1. The zero-order valence-corrected chi connectivity index (χ0v) is 21.4. The minimum Gasteiger partial charge on any atom is -0.382 e. The second kappa shape index (κ2) is 9.45. The SMILES string of the molecule is C[C@@H](Nc1c(Cl)cnc2ccc(-c3cnc(C(C)(C)O)nc3)cc12)c1cc(-c2nnn(C)n2)ccc1F. The van der Waals surface area contributed by atoms with E-state index in [0.29, 0.717) is 33.5 Å². The number of benzene rings is 2. The second-order valence-electron chi connectivity index (χ2n) is 9.27. The van der Waals surface area contributed by atoms with Gasteiger partial charge in [-0.05, 0) is 61.9 Å². The number of rotatable bonds is 6. The highest BCUT2D eigenvalue weighted by Crippen LogP contribution is 2.36. The minimum atomic E-state index is -1.14. The highest BCUT2D eigenvalue weighted by atomic mass is 35.5. The van der Waals surface area contributed by atoms with Crippen LogP contribution in [-0.2, 0) is 12.6 Å². The van der Waals surface area contributed by atoms with Gasteiger partial charge in [0.15, 0.2) is 5.82 Å². The molecule has 3 heterocycles. The van der Waals surface area contributed by atoms with E-state index in [9.17, 15) is 9.50 Å². The zero-order valence-electron chi connectivity index (χ0n) is 20.6. The van der Waals surface area contributed by atoms with Gasteiger partial charge in [-0.25, -0.2) is 14.4 Å². The lowest BCUT2D eigenvalue weighted by molar-refractivity contribution is 0.0687. The molecule has 0 saturated heterocycles. The van der Waals surface area contributed by atoms with Gasteiger partial charge < -0.3 is 10.4 Å². The topological polar surface area (TPSA) is 115 Å². The zero-order chi connectivity index (χ0) is 26.3. The number of aryl methyl sites for hydroxylation is 1. The highest BCUT2D eigenvalue weighted by Gasteiger charge is 2.20. The van der Waals surface area contributed by atoms with Crippen molar-refractivity contribution < 1.29 is 9.50 Å². The molecule has 0 saturated carbocycles. The third-order valence-electron chi connectivity index (χ3n) is 5.94. The number of nitrogens with one attached hydrogen (secondary N) is 1. The molecule has 2 N–H and O–H groups in total. The van der Waals surface area contributed by atoms with Gasteiger partial charge in [0.05, 0.1) is 29.3 Å². The van der Waals surface area contributed by atoms with Crippen LogP contribution in [0.5, 0.6) is 0 Å². The molecule has 0 aliphatic rings. The van der Waals surface area contributed by atoms with Gasteiger partial charge in [-0.3, -0.25) is 4.98 Å². The monoisotopic (exact) mass is 518 g/mol. The van der Waals surface area contributed by atoms with Crippen molar-refractivity contribution in [3.05, 3.63) is 77.2 Å². The van der Waals surface area contributed by atoms with E-state index in [4.69, 9.17) is 11.6 Å². The number of tetrazole rings is 1. The van der Waals surface area contributed by atoms with Crippen LogP contribution in [0, 0.1) is 5.82 Å². The molecule has 5 rings (SSSR count). The summed E-state index contributed by atoms with van der Waals surface area (Å²) in [7, 11) is 1.67. The van der Waals surface area contributed by atoms with Gasteiger partial charge in [0.2, 0.25) is 5.82 Å². The molecular weight excluding hydrogens is 495 g/mol. The molecule has 11 heteroatoms. The van der Waals surface area contributed by atoms with Crippen LogP contribution in [0.1, 0.15) is 38.2 Å². The Hall–Kier alpha value is -4.02. The Bertz CT molecular complexity index is 1600. The number of nitrogens with zero attached hydrogens (tertiary/aromatic N) is 7. The molecule has 37 heavy (non-hydrogen) atoms. The normalized spacial score (nSPS) is 12.6. The Kier molecular flexibility index (Phi) is 6.30. The van der Waals surface area contributed by atoms with E-state index in [1.165, 1.54) is 10.9 Å². The van der Waals surface area contributed by atoms with Gasteiger partial charge in [-0.15, -0.1) is 10.2 Å². The first-order valence-electron chi connectivity index (χ1n) is 11.5. The standard InChI is InChI=1S/C26H24ClFN8O/c1-14(18-10-16(5-7-21(18)28)24-33-35-36(4)34-24)32-23-19-9-15(6-8-22(19)29-13-20(23)27)17-11-30-25(31-12-17)26(2,3)37/h5-14,37H,1-4H3,(H,29,32)/t14-/m1/s1. The number of hydrogen-bond acceptors (Lipinski definition) is 8. The maximum Gasteiger partial charge on any atom is 0.204 e. The first kappa shape index (κ1) is 24.7. The number of anilines is 1. The van der Waals surface area contributed by atoms with Crippen molar-refractivity contribution in [3.63, 3.8) is 0 Å². The Balaban J connectivity index is 1.51. The Morgan fingerprint density at radius 1 is 1.00 bits per heavy atom. The van der Waals surface area contributed by atoms with E-state index in [1.54, 1.807) is 51.6 Å². The molecule has 1 atom stereocenters.